The number of carbonyl (C=O) groups is 2. The maximum absolute atomic E-state index is 13.4. The molecule has 1 aromatic carbocycles. The molecule has 0 aliphatic heterocycles. The van der Waals surface area contributed by atoms with E-state index in [0.717, 1.165) is 32.1 Å². The van der Waals surface area contributed by atoms with Gasteiger partial charge >= 0.3 is 5.97 Å². The van der Waals surface area contributed by atoms with Crippen molar-refractivity contribution in [3.8, 4) is 0 Å². The summed E-state index contributed by atoms with van der Waals surface area (Å²) in [4.78, 5) is 29.2. The first-order valence-electron chi connectivity index (χ1n) is 9.99. The van der Waals surface area contributed by atoms with Crippen LogP contribution in [0.15, 0.2) is 30.6 Å². The molecule has 4 aliphatic rings. The van der Waals surface area contributed by atoms with Gasteiger partial charge in [-0.25, -0.2) is 14.5 Å². The zero-order valence-corrected chi connectivity index (χ0v) is 17.0. The topological polar surface area (TPSA) is 86.1 Å². The van der Waals surface area contributed by atoms with Crippen LogP contribution in [0.4, 0.5) is 5.69 Å². The third-order valence-electron chi connectivity index (χ3n) is 7.03. The molecule has 0 saturated heterocycles. The lowest BCUT2D eigenvalue weighted by Crippen LogP contribution is -2.60. The van der Waals surface area contributed by atoms with E-state index in [1.807, 2.05) is 4.68 Å². The minimum atomic E-state index is -0.399. The summed E-state index contributed by atoms with van der Waals surface area (Å²) in [6.07, 6.45) is 7.57. The maximum atomic E-state index is 13.4. The highest BCUT2D eigenvalue weighted by atomic mass is 35.5. The van der Waals surface area contributed by atoms with Crippen LogP contribution in [0.3, 0.4) is 0 Å². The number of hydrogen-bond donors (Lipinski definition) is 1. The van der Waals surface area contributed by atoms with Gasteiger partial charge in [-0.3, -0.25) is 4.79 Å². The Bertz CT molecular complexity index is 957. The van der Waals surface area contributed by atoms with Crippen molar-refractivity contribution in [2.75, 3.05) is 12.4 Å². The Morgan fingerprint density at radius 1 is 1.17 bits per heavy atom. The highest BCUT2D eigenvalue weighted by Crippen LogP contribution is 2.64. The monoisotopic (exact) mass is 414 g/mol. The van der Waals surface area contributed by atoms with Crippen molar-refractivity contribution in [3.05, 3.63) is 41.4 Å². The van der Waals surface area contributed by atoms with Gasteiger partial charge in [-0.05, 0) is 86.2 Å². The molecule has 0 spiro atoms. The number of carbonyl (C=O) groups excluding carboxylic acids is 2. The number of anilines is 1. The number of methoxy groups -OCH3 is 1. The molecule has 4 fully saturated rings. The van der Waals surface area contributed by atoms with Crippen LogP contribution < -0.4 is 5.32 Å². The molecule has 4 bridgehead atoms. The van der Waals surface area contributed by atoms with Crippen LogP contribution in [0.2, 0.25) is 5.28 Å². The zero-order chi connectivity index (χ0) is 20.2. The molecule has 29 heavy (non-hydrogen) atoms. The molecule has 1 amide bonds. The van der Waals surface area contributed by atoms with Crippen LogP contribution in [-0.2, 0) is 15.1 Å². The number of esters is 1. The van der Waals surface area contributed by atoms with Gasteiger partial charge in [0, 0.05) is 5.69 Å². The second kappa shape index (κ2) is 6.55. The number of hydrogen-bond acceptors (Lipinski definition) is 5. The number of nitrogens with one attached hydrogen (secondary N) is 1. The molecule has 0 radical (unpaired) electrons. The number of rotatable bonds is 4. The molecule has 6 rings (SSSR count). The lowest BCUT2D eigenvalue weighted by molar-refractivity contribution is -0.150. The minimum absolute atomic E-state index is 0.0630. The van der Waals surface area contributed by atoms with E-state index in [1.165, 1.54) is 13.5 Å². The van der Waals surface area contributed by atoms with Gasteiger partial charge in [-0.2, -0.15) is 0 Å². The van der Waals surface area contributed by atoms with E-state index in [9.17, 15) is 9.59 Å². The molecule has 8 heteroatoms. The fourth-order valence-electron chi connectivity index (χ4n) is 6.29. The zero-order valence-electron chi connectivity index (χ0n) is 16.2. The summed E-state index contributed by atoms with van der Waals surface area (Å²) in [6.45, 7) is 0. The molecule has 4 atom stereocenters. The summed E-state index contributed by atoms with van der Waals surface area (Å²) >= 11 is 6.00. The number of amides is 1. The summed E-state index contributed by atoms with van der Waals surface area (Å²) in [7, 11) is 1.35. The predicted octanol–water partition coefficient (Wildman–Crippen LogP) is 3.65. The van der Waals surface area contributed by atoms with Gasteiger partial charge in [-0.1, -0.05) is 0 Å². The fraction of sp³-hybridized carbons (Fsp3) is 0.524. The number of aromatic nitrogens is 3. The number of benzene rings is 1. The SMILES string of the molecule is COC(=O)c1ccc(NC(=O)C23C[C@H]4C[C@@H](C2)CC(n2cnc(Cl)n2)(C4)C3)cc1. The van der Waals surface area contributed by atoms with E-state index in [2.05, 4.69) is 15.4 Å². The Kier molecular flexibility index (Phi) is 4.21. The molecule has 2 unspecified atom stereocenters. The van der Waals surface area contributed by atoms with Gasteiger partial charge < -0.3 is 10.1 Å². The highest BCUT2D eigenvalue weighted by molar-refractivity contribution is 6.28. The largest absolute Gasteiger partial charge is 0.465 e. The van der Waals surface area contributed by atoms with Crippen LogP contribution in [-0.4, -0.2) is 33.8 Å². The number of halogens is 1. The van der Waals surface area contributed by atoms with Crippen LogP contribution in [0.5, 0.6) is 0 Å². The molecule has 152 valence electrons. The van der Waals surface area contributed by atoms with Crippen molar-refractivity contribution in [3.63, 3.8) is 0 Å². The Hall–Kier alpha value is -2.41. The lowest BCUT2D eigenvalue weighted by atomic mass is 9.46. The summed E-state index contributed by atoms with van der Waals surface area (Å²) in [5.74, 6) is 0.712. The molecule has 4 aliphatic carbocycles. The van der Waals surface area contributed by atoms with Gasteiger partial charge in [0.25, 0.3) is 0 Å². The Balaban J connectivity index is 1.40. The van der Waals surface area contributed by atoms with E-state index < -0.39 is 11.4 Å². The summed E-state index contributed by atoms with van der Waals surface area (Å²) in [5, 5.41) is 7.75. The molecule has 7 nitrogen and oxygen atoms in total. The summed E-state index contributed by atoms with van der Waals surface area (Å²) < 4.78 is 6.64. The van der Waals surface area contributed by atoms with Gasteiger partial charge in [-0.15, -0.1) is 5.10 Å². The van der Waals surface area contributed by atoms with Gasteiger partial charge in [0.05, 0.1) is 23.6 Å². The van der Waals surface area contributed by atoms with E-state index in [-0.39, 0.29) is 16.7 Å². The fourth-order valence-corrected chi connectivity index (χ4v) is 6.42. The maximum Gasteiger partial charge on any atom is 0.337 e. The lowest BCUT2D eigenvalue weighted by Gasteiger charge is -2.60. The van der Waals surface area contributed by atoms with E-state index in [1.54, 1.807) is 30.6 Å². The normalized spacial score (nSPS) is 32.2. The van der Waals surface area contributed by atoms with Gasteiger partial charge in [0.2, 0.25) is 11.2 Å². The molecule has 1 aromatic heterocycles. The van der Waals surface area contributed by atoms with Crippen LogP contribution >= 0.6 is 11.6 Å². The quantitative estimate of drug-likeness (QED) is 0.771. The predicted molar refractivity (Wildman–Crippen MR) is 107 cm³/mol. The number of ether oxygens (including phenoxy) is 1. The Morgan fingerprint density at radius 2 is 1.86 bits per heavy atom. The van der Waals surface area contributed by atoms with E-state index in [0.29, 0.717) is 23.1 Å². The molecule has 4 saturated carbocycles. The average Bonchev–Trinajstić information content (AvgIpc) is 3.14. The second-order valence-electron chi connectivity index (χ2n) is 8.95. The molecular formula is C21H23ClN4O3. The van der Waals surface area contributed by atoms with Crippen LogP contribution in [0, 0.1) is 17.3 Å². The minimum Gasteiger partial charge on any atom is -0.465 e. The van der Waals surface area contributed by atoms with Gasteiger partial charge in [0.1, 0.15) is 6.33 Å². The Morgan fingerprint density at radius 3 is 2.45 bits per heavy atom. The molecule has 2 aromatic rings. The van der Waals surface area contributed by atoms with E-state index >= 15 is 0 Å². The van der Waals surface area contributed by atoms with Crippen molar-refractivity contribution in [2.45, 2.75) is 44.1 Å². The van der Waals surface area contributed by atoms with E-state index in [4.69, 9.17) is 16.3 Å². The molecule has 1 N–H and O–H groups in total. The van der Waals surface area contributed by atoms with Crippen molar-refractivity contribution in [1.82, 2.24) is 14.8 Å². The highest BCUT2D eigenvalue weighted by Gasteiger charge is 2.61. The van der Waals surface area contributed by atoms with Crippen molar-refractivity contribution in [2.24, 2.45) is 17.3 Å². The smallest absolute Gasteiger partial charge is 0.337 e. The first kappa shape index (κ1) is 18.6. The molecular weight excluding hydrogens is 392 g/mol. The first-order valence-corrected chi connectivity index (χ1v) is 10.4. The average molecular weight is 415 g/mol. The second-order valence-corrected chi connectivity index (χ2v) is 9.28. The summed E-state index contributed by atoms with van der Waals surface area (Å²) in [5.41, 5.74) is 0.582. The number of nitrogens with zero attached hydrogens (tertiary/aromatic N) is 3. The van der Waals surface area contributed by atoms with Crippen molar-refractivity contribution in [1.29, 1.82) is 0 Å². The first-order chi connectivity index (χ1) is 13.9. The standard InChI is InChI=1S/C21H23ClN4O3/c1-29-17(27)15-2-4-16(5-3-15)24-18(28)20-7-13-6-14(8-20)10-21(9-13,11-20)26-12-23-19(22)25-26/h2-5,12-14H,6-11H2,1H3,(H,24,28)/t13-,14+,20?,21?. The summed E-state index contributed by atoms with van der Waals surface area (Å²) in [6, 6.07) is 6.83. The van der Waals surface area contributed by atoms with Crippen molar-refractivity contribution >= 4 is 29.2 Å². The third-order valence-corrected chi connectivity index (χ3v) is 7.20. The van der Waals surface area contributed by atoms with Crippen LogP contribution in [0.1, 0.15) is 48.9 Å². The van der Waals surface area contributed by atoms with Gasteiger partial charge in [0.15, 0.2) is 0 Å². The van der Waals surface area contributed by atoms with Crippen LogP contribution in [0.25, 0.3) is 0 Å². The van der Waals surface area contributed by atoms with Crippen molar-refractivity contribution < 1.29 is 14.3 Å². The third kappa shape index (κ3) is 3.03. The Labute approximate surface area is 173 Å². The molecule has 1 heterocycles.